The number of pyridine rings is 1. The SMILES string of the molecule is N#Cc1cnc2cc(OCC(O)CO)c(NC(=O)CC3CCS[S+]3[O-])cc2c1Nc1ccc(F)c(Cl)c1. The number of hydrogen-bond acceptors (Lipinski definition) is 9. The number of fused-ring (bicyclic) bond motifs is 1. The molecule has 2 heterocycles. The molecule has 0 aliphatic carbocycles. The van der Waals surface area contributed by atoms with Crippen molar-refractivity contribution in [3.05, 3.63) is 52.9 Å². The number of ether oxygens (including phenoxy) is 1. The minimum absolute atomic E-state index is 0.0476. The van der Waals surface area contributed by atoms with Crippen molar-refractivity contribution in [2.24, 2.45) is 0 Å². The van der Waals surface area contributed by atoms with Gasteiger partial charge in [0.2, 0.25) is 5.91 Å². The summed E-state index contributed by atoms with van der Waals surface area (Å²) in [7, 11) is 0.175. The first kappa shape index (κ1) is 27.3. The molecule has 194 valence electrons. The Balaban J connectivity index is 1.74. The highest BCUT2D eigenvalue weighted by atomic mass is 35.5. The quantitative estimate of drug-likeness (QED) is 0.224. The van der Waals surface area contributed by atoms with Gasteiger partial charge in [0.05, 0.1) is 51.3 Å². The second-order valence-corrected chi connectivity index (χ2v) is 12.1. The first-order valence-corrected chi connectivity index (χ1v) is 14.2. The van der Waals surface area contributed by atoms with E-state index in [1.807, 2.05) is 0 Å². The zero-order valence-electron chi connectivity index (χ0n) is 19.2. The molecular formula is C24H22ClFN4O5S2. The first-order chi connectivity index (χ1) is 17.8. The predicted octanol–water partition coefficient (Wildman–Crippen LogP) is 3.87. The Labute approximate surface area is 223 Å². The van der Waals surface area contributed by atoms with Gasteiger partial charge in [-0.3, -0.25) is 9.78 Å². The van der Waals surface area contributed by atoms with Crippen molar-refractivity contribution in [3.63, 3.8) is 0 Å². The number of aromatic nitrogens is 1. The molecule has 1 saturated heterocycles. The second-order valence-electron chi connectivity index (χ2n) is 8.17. The van der Waals surface area contributed by atoms with Gasteiger partial charge in [-0.25, -0.2) is 4.39 Å². The molecule has 0 radical (unpaired) electrons. The lowest BCUT2D eigenvalue weighted by Gasteiger charge is -2.18. The first-order valence-electron chi connectivity index (χ1n) is 11.1. The summed E-state index contributed by atoms with van der Waals surface area (Å²) in [5, 5.41) is 34.5. The van der Waals surface area contributed by atoms with E-state index in [1.165, 1.54) is 41.3 Å². The van der Waals surface area contributed by atoms with E-state index in [0.29, 0.717) is 28.7 Å². The van der Waals surface area contributed by atoms with Crippen LogP contribution in [0.2, 0.25) is 5.02 Å². The fourth-order valence-electron chi connectivity index (χ4n) is 3.65. The Kier molecular flexibility index (Phi) is 8.96. The van der Waals surface area contributed by atoms with Gasteiger partial charge >= 0.3 is 0 Å². The van der Waals surface area contributed by atoms with E-state index in [0.717, 1.165) is 5.75 Å². The van der Waals surface area contributed by atoms with Crippen LogP contribution in [0.25, 0.3) is 10.9 Å². The number of aliphatic hydroxyl groups is 2. The van der Waals surface area contributed by atoms with Gasteiger partial charge in [0, 0.05) is 45.7 Å². The van der Waals surface area contributed by atoms with Crippen molar-refractivity contribution in [2.45, 2.75) is 24.2 Å². The fraction of sp³-hybridized carbons (Fsp3) is 0.292. The summed E-state index contributed by atoms with van der Waals surface area (Å²) in [6, 6.07) is 9.19. The highest BCUT2D eigenvalue weighted by Crippen LogP contribution is 2.37. The molecule has 13 heteroatoms. The number of nitrogens with one attached hydrogen (secondary N) is 2. The lowest BCUT2D eigenvalue weighted by Crippen LogP contribution is -2.24. The molecule has 4 rings (SSSR count). The molecule has 9 nitrogen and oxygen atoms in total. The predicted molar refractivity (Wildman–Crippen MR) is 142 cm³/mol. The van der Waals surface area contributed by atoms with Crippen LogP contribution in [0.5, 0.6) is 5.75 Å². The lowest BCUT2D eigenvalue weighted by atomic mass is 10.1. The minimum Gasteiger partial charge on any atom is -0.605 e. The molecule has 3 unspecified atom stereocenters. The van der Waals surface area contributed by atoms with Crippen LogP contribution in [-0.2, 0) is 15.0 Å². The van der Waals surface area contributed by atoms with E-state index in [-0.39, 0.29) is 46.2 Å². The number of hydrogen-bond donors (Lipinski definition) is 4. The molecule has 1 fully saturated rings. The lowest BCUT2D eigenvalue weighted by molar-refractivity contribution is -0.116. The van der Waals surface area contributed by atoms with Gasteiger partial charge in [-0.15, -0.1) is 0 Å². The van der Waals surface area contributed by atoms with E-state index in [4.69, 9.17) is 21.4 Å². The Bertz CT molecular complexity index is 1360. The third-order valence-electron chi connectivity index (χ3n) is 5.52. The highest BCUT2D eigenvalue weighted by molar-refractivity contribution is 8.72. The number of amides is 1. The maximum absolute atomic E-state index is 13.6. The summed E-state index contributed by atoms with van der Waals surface area (Å²) in [4.78, 5) is 17.1. The fourth-order valence-corrected chi connectivity index (χ4v) is 7.16. The summed E-state index contributed by atoms with van der Waals surface area (Å²) in [5.74, 6) is -0.0649. The van der Waals surface area contributed by atoms with Crippen LogP contribution in [0.3, 0.4) is 0 Å². The standard InChI is InChI=1S/C24H22ClFN4O5S2/c25-18-5-14(1-2-19(18)26)29-24-13(9-27)10-28-20-8-22(35-12-15(32)11-31)21(7-17(20)24)30-23(33)6-16-3-4-36-37(16)34/h1-2,5,7-8,10,15-16,31-32H,3-4,6,11-12H2,(H,28,29)(H,30,33). The van der Waals surface area contributed by atoms with Gasteiger partial charge in [-0.1, -0.05) is 11.6 Å². The van der Waals surface area contributed by atoms with Crippen LogP contribution >= 0.6 is 22.4 Å². The number of aliphatic hydroxyl groups excluding tert-OH is 2. The molecule has 1 aromatic heterocycles. The number of halogens is 2. The zero-order valence-corrected chi connectivity index (χ0v) is 21.6. The van der Waals surface area contributed by atoms with Crippen LogP contribution < -0.4 is 15.4 Å². The molecule has 37 heavy (non-hydrogen) atoms. The average molecular weight is 565 g/mol. The summed E-state index contributed by atoms with van der Waals surface area (Å²) in [6.07, 6.45) is 0.920. The summed E-state index contributed by atoms with van der Waals surface area (Å²) >= 11 is 5.91. The van der Waals surface area contributed by atoms with Crippen LogP contribution in [0.15, 0.2) is 36.5 Å². The number of nitrogens with zero attached hydrogens (tertiary/aromatic N) is 2. The van der Waals surface area contributed by atoms with Crippen molar-refractivity contribution in [1.29, 1.82) is 5.26 Å². The molecule has 0 saturated carbocycles. The number of carbonyl (C=O) groups is 1. The maximum atomic E-state index is 13.6. The summed E-state index contributed by atoms with van der Waals surface area (Å²) in [5.41, 5.74) is 1.59. The van der Waals surface area contributed by atoms with E-state index < -0.39 is 28.7 Å². The Hall–Kier alpha value is -2.79. The van der Waals surface area contributed by atoms with Crippen LogP contribution in [0, 0.1) is 17.1 Å². The smallest absolute Gasteiger partial charge is 0.229 e. The van der Waals surface area contributed by atoms with E-state index in [9.17, 15) is 24.1 Å². The summed E-state index contributed by atoms with van der Waals surface area (Å²) < 4.78 is 31.4. The van der Waals surface area contributed by atoms with E-state index >= 15 is 0 Å². The number of benzene rings is 2. The molecular weight excluding hydrogens is 543 g/mol. The largest absolute Gasteiger partial charge is 0.605 e. The monoisotopic (exact) mass is 564 g/mol. The molecule has 4 N–H and O–H groups in total. The van der Waals surface area contributed by atoms with Crippen molar-refractivity contribution >= 4 is 66.5 Å². The number of anilines is 3. The van der Waals surface area contributed by atoms with E-state index in [2.05, 4.69) is 21.7 Å². The third-order valence-corrected chi connectivity index (χ3v) is 9.40. The molecule has 0 bridgehead atoms. The van der Waals surface area contributed by atoms with Crippen LogP contribution in [-0.4, -0.2) is 56.0 Å². The number of nitriles is 1. The van der Waals surface area contributed by atoms with Gasteiger partial charge in [-0.05, 0) is 24.3 Å². The molecule has 3 aromatic rings. The van der Waals surface area contributed by atoms with E-state index in [1.54, 1.807) is 6.07 Å². The molecule has 0 spiro atoms. The van der Waals surface area contributed by atoms with Crippen LogP contribution in [0.4, 0.5) is 21.5 Å². The maximum Gasteiger partial charge on any atom is 0.229 e. The molecule has 1 aliphatic heterocycles. The van der Waals surface area contributed by atoms with Gasteiger partial charge in [-0.2, -0.15) is 5.26 Å². The average Bonchev–Trinajstić information content (AvgIpc) is 3.28. The Morgan fingerprint density at radius 2 is 2.24 bits per heavy atom. The van der Waals surface area contributed by atoms with Gasteiger partial charge < -0.3 is 30.1 Å². The topological polar surface area (TPSA) is 151 Å². The number of rotatable bonds is 9. The molecule has 2 aromatic carbocycles. The highest BCUT2D eigenvalue weighted by Gasteiger charge is 2.33. The zero-order chi connectivity index (χ0) is 26.5. The number of carbonyl (C=O) groups excluding carboxylic acids is 1. The Morgan fingerprint density at radius 1 is 1.43 bits per heavy atom. The van der Waals surface area contributed by atoms with Crippen LogP contribution in [0.1, 0.15) is 18.4 Å². The normalized spacial score (nSPS) is 17.8. The van der Waals surface area contributed by atoms with Gasteiger partial charge in [0.25, 0.3) is 0 Å². The molecule has 3 atom stereocenters. The minimum atomic E-state index is -1.15. The van der Waals surface area contributed by atoms with Gasteiger partial charge in [0.1, 0.15) is 35.6 Å². The third kappa shape index (κ3) is 6.56. The second kappa shape index (κ2) is 12.2. The van der Waals surface area contributed by atoms with Crippen molar-refractivity contribution in [1.82, 2.24) is 4.98 Å². The van der Waals surface area contributed by atoms with Gasteiger partial charge in [0.15, 0.2) is 0 Å². The molecule has 1 aliphatic rings. The molecule has 1 amide bonds. The van der Waals surface area contributed by atoms with Crippen molar-refractivity contribution < 1.29 is 28.7 Å². The Morgan fingerprint density at radius 3 is 2.92 bits per heavy atom. The summed E-state index contributed by atoms with van der Waals surface area (Å²) in [6.45, 7) is -0.762. The van der Waals surface area contributed by atoms with Crippen molar-refractivity contribution in [2.75, 3.05) is 29.6 Å². The van der Waals surface area contributed by atoms with Crippen molar-refractivity contribution in [3.8, 4) is 11.8 Å².